The molecule has 0 atom stereocenters. The summed E-state index contributed by atoms with van der Waals surface area (Å²) in [7, 11) is 2.03. The number of alkyl halides is 3. The van der Waals surface area contributed by atoms with Gasteiger partial charge >= 0.3 is 6.18 Å². The number of aryl methyl sites for hydroxylation is 2. The second kappa shape index (κ2) is 6.99. The number of nitrogens with zero attached hydrogens (tertiary/aromatic N) is 1. The maximum Gasteiger partial charge on any atom is 0.416 e. The van der Waals surface area contributed by atoms with Crippen LogP contribution >= 0.6 is 12.2 Å². The van der Waals surface area contributed by atoms with Crippen molar-refractivity contribution in [2.24, 2.45) is 7.05 Å². The Balaban J connectivity index is 1.60. The lowest BCUT2D eigenvalue weighted by molar-refractivity contribution is -0.137. The Bertz CT molecular complexity index is 943. The molecular weight excluding hydrogens is 359 g/mol. The number of anilines is 1. The fraction of sp³-hybridized carbons (Fsp3) is 0.211. The molecule has 0 unspecified atom stereocenters. The Morgan fingerprint density at radius 1 is 1.08 bits per heavy atom. The Hall–Kier alpha value is -2.54. The molecule has 136 valence electrons. The van der Waals surface area contributed by atoms with Crippen LogP contribution in [-0.4, -0.2) is 9.68 Å². The Morgan fingerprint density at radius 2 is 1.77 bits per heavy atom. The minimum Gasteiger partial charge on any atom is -0.358 e. The number of hydrogen-bond acceptors (Lipinski definition) is 1. The van der Waals surface area contributed by atoms with Crippen molar-refractivity contribution < 1.29 is 13.2 Å². The molecule has 0 spiro atoms. The first-order valence-corrected chi connectivity index (χ1v) is 8.42. The molecule has 0 amide bonds. The molecule has 0 aliphatic heterocycles. The minimum atomic E-state index is -4.34. The highest BCUT2D eigenvalue weighted by Crippen LogP contribution is 2.29. The lowest BCUT2D eigenvalue weighted by Crippen LogP contribution is -2.27. The molecule has 0 bridgehead atoms. The van der Waals surface area contributed by atoms with E-state index < -0.39 is 11.7 Å². The summed E-state index contributed by atoms with van der Waals surface area (Å²) in [6.45, 7) is 2.58. The van der Waals surface area contributed by atoms with Gasteiger partial charge in [0.2, 0.25) is 0 Å². The molecule has 1 heterocycles. The maximum absolute atomic E-state index is 12.6. The van der Waals surface area contributed by atoms with Crippen molar-refractivity contribution in [1.82, 2.24) is 9.88 Å². The van der Waals surface area contributed by atoms with E-state index in [1.165, 1.54) is 17.8 Å². The predicted molar refractivity (Wildman–Crippen MR) is 102 cm³/mol. The van der Waals surface area contributed by atoms with Crippen LogP contribution in [0.1, 0.15) is 16.8 Å². The molecule has 26 heavy (non-hydrogen) atoms. The molecule has 7 heteroatoms. The smallest absolute Gasteiger partial charge is 0.358 e. The quantitative estimate of drug-likeness (QED) is 0.630. The van der Waals surface area contributed by atoms with Crippen molar-refractivity contribution in [1.29, 1.82) is 0 Å². The van der Waals surface area contributed by atoms with Crippen LogP contribution in [0.3, 0.4) is 0 Å². The van der Waals surface area contributed by atoms with Gasteiger partial charge in [0.25, 0.3) is 0 Å². The van der Waals surface area contributed by atoms with E-state index in [1.54, 1.807) is 0 Å². The van der Waals surface area contributed by atoms with Crippen molar-refractivity contribution in [2.75, 3.05) is 5.32 Å². The third kappa shape index (κ3) is 3.99. The zero-order valence-electron chi connectivity index (χ0n) is 14.3. The van der Waals surface area contributed by atoms with Crippen LogP contribution in [0, 0.1) is 6.92 Å². The molecular formula is C19H18F3N3S. The minimum absolute atomic E-state index is 0.356. The standard InChI is InChI=1S/C19H18F3N3S/c1-12-9-14-10-13(3-8-17(14)25(12)2)11-23-18(26)24-16-6-4-15(5-7-16)19(20,21)22/h3-10H,11H2,1-2H3,(H2,23,24,26). The molecule has 2 N–H and O–H groups in total. The van der Waals surface area contributed by atoms with E-state index in [0.29, 0.717) is 17.3 Å². The summed E-state index contributed by atoms with van der Waals surface area (Å²) in [4.78, 5) is 0. The molecule has 2 aromatic carbocycles. The molecule has 0 aliphatic carbocycles. The van der Waals surface area contributed by atoms with Crippen LogP contribution in [0.2, 0.25) is 0 Å². The summed E-state index contributed by atoms with van der Waals surface area (Å²) in [6, 6.07) is 13.1. The Kier molecular flexibility index (Phi) is 4.91. The summed E-state index contributed by atoms with van der Waals surface area (Å²) in [5, 5.41) is 7.47. The number of thiocarbonyl (C=S) groups is 1. The molecule has 0 aliphatic rings. The first-order valence-electron chi connectivity index (χ1n) is 8.01. The zero-order chi connectivity index (χ0) is 18.9. The van der Waals surface area contributed by atoms with Crippen LogP contribution in [0.25, 0.3) is 10.9 Å². The third-order valence-electron chi connectivity index (χ3n) is 4.27. The van der Waals surface area contributed by atoms with Gasteiger partial charge in [-0.2, -0.15) is 13.2 Å². The lowest BCUT2D eigenvalue weighted by atomic mass is 10.1. The van der Waals surface area contributed by atoms with Crippen LogP contribution in [0.15, 0.2) is 48.5 Å². The number of hydrogen-bond donors (Lipinski definition) is 2. The van der Waals surface area contributed by atoms with Crippen molar-refractivity contribution in [2.45, 2.75) is 19.6 Å². The molecule has 1 aromatic heterocycles. The van der Waals surface area contributed by atoms with Gasteiger partial charge in [0.15, 0.2) is 5.11 Å². The van der Waals surface area contributed by atoms with E-state index in [2.05, 4.69) is 40.3 Å². The van der Waals surface area contributed by atoms with Crippen LogP contribution in [-0.2, 0) is 19.8 Å². The summed E-state index contributed by atoms with van der Waals surface area (Å²) in [6.07, 6.45) is -4.34. The number of halogens is 3. The first kappa shape index (κ1) is 18.3. The highest BCUT2D eigenvalue weighted by Gasteiger charge is 2.29. The fourth-order valence-corrected chi connectivity index (χ4v) is 2.94. The molecule has 0 saturated heterocycles. The summed E-state index contributed by atoms with van der Waals surface area (Å²) < 4.78 is 39.8. The maximum atomic E-state index is 12.6. The average molecular weight is 377 g/mol. The topological polar surface area (TPSA) is 29.0 Å². The van der Waals surface area contributed by atoms with Crippen molar-refractivity contribution >= 4 is 33.9 Å². The van der Waals surface area contributed by atoms with E-state index in [4.69, 9.17) is 12.2 Å². The van der Waals surface area contributed by atoms with Gasteiger partial charge in [-0.05, 0) is 67.2 Å². The fourth-order valence-electron chi connectivity index (χ4n) is 2.75. The SMILES string of the molecule is Cc1cc2cc(CNC(=S)Nc3ccc(C(F)(F)F)cc3)ccc2n1C. The number of aromatic nitrogens is 1. The van der Waals surface area contributed by atoms with Gasteiger partial charge in [-0.25, -0.2) is 0 Å². The highest BCUT2D eigenvalue weighted by atomic mass is 32.1. The van der Waals surface area contributed by atoms with E-state index in [1.807, 2.05) is 13.1 Å². The summed E-state index contributed by atoms with van der Waals surface area (Å²) in [5.41, 5.74) is 3.24. The van der Waals surface area contributed by atoms with Gasteiger partial charge in [-0.3, -0.25) is 0 Å². The van der Waals surface area contributed by atoms with E-state index in [0.717, 1.165) is 28.6 Å². The van der Waals surface area contributed by atoms with Crippen molar-refractivity contribution in [3.8, 4) is 0 Å². The van der Waals surface area contributed by atoms with Gasteiger partial charge < -0.3 is 15.2 Å². The Labute approximate surface area is 154 Å². The molecule has 3 nitrogen and oxygen atoms in total. The molecule has 3 aromatic rings. The second-order valence-corrected chi connectivity index (χ2v) is 6.53. The van der Waals surface area contributed by atoms with Gasteiger partial charge in [-0.1, -0.05) is 6.07 Å². The Morgan fingerprint density at radius 3 is 2.42 bits per heavy atom. The number of nitrogens with one attached hydrogen (secondary N) is 2. The van der Waals surface area contributed by atoms with Crippen LogP contribution in [0.5, 0.6) is 0 Å². The molecule has 0 radical (unpaired) electrons. The lowest BCUT2D eigenvalue weighted by Gasteiger charge is -2.12. The normalized spacial score (nSPS) is 11.6. The molecule has 0 fully saturated rings. The number of rotatable bonds is 3. The van der Waals surface area contributed by atoms with Gasteiger partial charge in [0, 0.05) is 35.9 Å². The average Bonchev–Trinajstić information content (AvgIpc) is 2.86. The third-order valence-corrected chi connectivity index (χ3v) is 4.52. The monoisotopic (exact) mass is 377 g/mol. The number of benzene rings is 2. The van der Waals surface area contributed by atoms with Gasteiger partial charge in [0.05, 0.1) is 5.56 Å². The van der Waals surface area contributed by atoms with Crippen molar-refractivity contribution in [3.05, 3.63) is 65.4 Å². The highest BCUT2D eigenvalue weighted by molar-refractivity contribution is 7.80. The largest absolute Gasteiger partial charge is 0.416 e. The molecule has 0 saturated carbocycles. The van der Waals surface area contributed by atoms with Crippen molar-refractivity contribution in [3.63, 3.8) is 0 Å². The number of fused-ring (bicyclic) bond motifs is 1. The predicted octanol–water partition coefficient (Wildman–Crippen LogP) is 4.99. The molecule has 3 rings (SSSR count). The second-order valence-electron chi connectivity index (χ2n) is 6.12. The van der Waals surface area contributed by atoms with E-state index in [9.17, 15) is 13.2 Å². The van der Waals surface area contributed by atoms with E-state index >= 15 is 0 Å². The van der Waals surface area contributed by atoms with Crippen LogP contribution < -0.4 is 10.6 Å². The van der Waals surface area contributed by atoms with Gasteiger partial charge in [-0.15, -0.1) is 0 Å². The zero-order valence-corrected chi connectivity index (χ0v) is 15.1. The van der Waals surface area contributed by atoms with Gasteiger partial charge in [0.1, 0.15) is 0 Å². The van der Waals surface area contributed by atoms with E-state index in [-0.39, 0.29) is 0 Å². The van der Waals surface area contributed by atoms with Crippen LogP contribution in [0.4, 0.5) is 18.9 Å². The first-order chi connectivity index (χ1) is 12.2. The summed E-state index contributed by atoms with van der Waals surface area (Å²) >= 11 is 5.21. The summed E-state index contributed by atoms with van der Waals surface area (Å²) in [5.74, 6) is 0.